The van der Waals surface area contributed by atoms with Crippen LogP contribution >= 0.6 is 0 Å². The summed E-state index contributed by atoms with van der Waals surface area (Å²) in [7, 11) is -8.45. The number of hydrogen-bond donors (Lipinski definition) is 4. The first-order valence-electron chi connectivity index (χ1n) is 17.6. The normalized spacial score (nSPS) is 22.8. The highest BCUT2D eigenvalue weighted by Crippen LogP contribution is 2.55. The number of hydrogen-bond acceptors (Lipinski definition) is 8. The van der Waals surface area contributed by atoms with Gasteiger partial charge in [0.1, 0.15) is 21.1 Å². The summed E-state index contributed by atoms with van der Waals surface area (Å²) in [5.74, 6) is -1.39. The van der Waals surface area contributed by atoms with E-state index in [2.05, 4.69) is 0 Å². The summed E-state index contributed by atoms with van der Waals surface area (Å²) in [4.78, 5) is -0.543. The van der Waals surface area contributed by atoms with E-state index >= 15 is 0 Å². The lowest BCUT2D eigenvalue weighted by atomic mass is 9.74. The van der Waals surface area contributed by atoms with Gasteiger partial charge in [-0.25, -0.2) is 25.6 Å². The minimum atomic E-state index is -6.07. The fourth-order valence-electron chi connectivity index (χ4n) is 7.48. The van der Waals surface area contributed by atoms with Gasteiger partial charge in [-0.3, -0.25) is 0 Å². The number of rotatable bonds is 8. The molecule has 0 saturated heterocycles. The zero-order valence-corrected chi connectivity index (χ0v) is 32.6. The van der Waals surface area contributed by atoms with Crippen molar-refractivity contribution >= 4 is 19.7 Å². The molecule has 2 aliphatic carbocycles. The van der Waals surface area contributed by atoms with Crippen molar-refractivity contribution in [3.8, 4) is 0 Å². The molecule has 2 aliphatic rings. The van der Waals surface area contributed by atoms with Crippen LogP contribution in [0.1, 0.15) is 47.9 Å². The van der Waals surface area contributed by atoms with Gasteiger partial charge in [-0.05, 0) is 85.3 Å². The predicted molar refractivity (Wildman–Crippen MR) is 190 cm³/mol. The zero-order valence-electron chi connectivity index (χ0n) is 31.0. The summed E-state index contributed by atoms with van der Waals surface area (Å²) >= 11 is 0. The Morgan fingerprint density at radius 2 is 0.661 bits per heavy atom. The fraction of sp³-hybridized carbons (Fsp3) is 0.368. The van der Waals surface area contributed by atoms with Crippen LogP contribution in [0.25, 0.3) is 0 Å². The molecule has 4 aromatic rings. The third-order valence-electron chi connectivity index (χ3n) is 10.9. The summed E-state index contributed by atoms with van der Waals surface area (Å²) < 4.78 is 233. The van der Waals surface area contributed by atoms with Crippen LogP contribution in [0, 0.1) is 11.6 Å². The molecule has 0 bridgehead atoms. The predicted octanol–water partition coefficient (Wildman–Crippen LogP) is 7.86. The van der Waals surface area contributed by atoms with Gasteiger partial charge in [-0.15, -0.1) is 0 Å². The Morgan fingerprint density at radius 3 is 0.855 bits per heavy atom. The Hall–Kier alpha value is -4.36. The van der Waals surface area contributed by atoms with E-state index in [1.165, 1.54) is 0 Å². The molecule has 6 rings (SSSR count). The first kappa shape index (κ1) is 48.7. The van der Waals surface area contributed by atoms with Crippen LogP contribution in [-0.2, 0) is 40.4 Å². The highest BCUT2D eigenvalue weighted by molar-refractivity contribution is 7.92. The van der Waals surface area contributed by atoms with Gasteiger partial charge in [0.15, 0.2) is 19.7 Å². The van der Waals surface area contributed by atoms with Crippen molar-refractivity contribution in [2.24, 2.45) is 11.5 Å². The molecule has 6 N–H and O–H groups in total. The van der Waals surface area contributed by atoms with Crippen LogP contribution in [0.2, 0.25) is 0 Å². The molecule has 24 heteroatoms. The van der Waals surface area contributed by atoms with E-state index in [1.54, 1.807) is 0 Å². The summed E-state index contributed by atoms with van der Waals surface area (Å²) in [6.07, 6.45) is -24.8. The van der Waals surface area contributed by atoms with Crippen molar-refractivity contribution in [1.82, 2.24) is 0 Å². The van der Waals surface area contributed by atoms with E-state index in [4.69, 9.17) is 11.5 Å². The topological polar surface area (TPSA) is 161 Å². The second-order valence-electron chi connectivity index (χ2n) is 14.8. The minimum Gasteiger partial charge on any atom is -0.369 e. The van der Waals surface area contributed by atoms with Gasteiger partial charge >= 0.3 is 24.7 Å². The van der Waals surface area contributed by atoms with Crippen molar-refractivity contribution in [1.29, 1.82) is 0 Å². The zero-order chi connectivity index (χ0) is 46.9. The van der Waals surface area contributed by atoms with E-state index in [0.717, 1.165) is 72.8 Å². The Kier molecular flexibility index (Phi) is 12.3. The molecule has 0 amide bonds. The first-order chi connectivity index (χ1) is 28.1. The van der Waals surface area contributed by atoms with E-state index in [0.29, 0.717) is 24.3 Å². The maximum atomic E-state index is 13.2. The molecule has 0 spiro atoms. The smallest absolute Gasteiger partial charge is 0.369 e. The van der Waals surface area contributed by atoms with Crippen LogP contribution in [0.3, 0.4) is 0 Å². The highest BCUT2D eigenvalue weighted by Gasteiger charge is 2.72. The molecule has 2 fully saturated rings. The molecule has 0 aliphatic heterocycles. The summed E-state index contributed by atoms with van der Waals surface area (Å²) in [6, 6.07) is 11.3. The molecule has 8 nitrogen and oxygen atoms in total. The van der Waals surface area contributed by atoms with Crippen molar-refractivity contribution in [2.75, 3.05) is 0 Å². The van der Waals surface area contributed by atoms with Gasteiger partial charge < -0.3 is 21.7 Å². The number of nitrogens with two attached hydrogens (primary N) is 2. The average Bonchev–Trinajstić information content (AvgIpc) is 3.13. The van der Waals surface area contributed by atoms with Gasteiger partial charge in [0.05, 0.1) is 9.79 Å². The number of benzene rings is 4. The van der Waals surface area contributed by atoms with Crippen molar-refractivity contribution in [3.05, 3.63) is 131 Å². The number of sulfone groups is 2. The lowest BCUT2D eigenvalue weighted by molar-refractivity contribution is -0.376. The third kappa shape index (κ3) is 7.83. The summed E-state index contributed by atoms with van der Waals surface area (Å²) in [5.41, 5.74) is -1.96. The van der Waals surface area contributed by atoms with E-state index in [9.17, 15) is 88.5 Å². The SMILES string of the molecule is NC1CC(c2ccc(C(O)(C(F)(F)F)C(F)(F)F)cc2)(S(=O)(=O)c2ccc(F)cc2)C1.NC1CC(c2ccc(C(O)(C(F)(F)F)C(F)(F)F)cc2)(S(=O)(=O)c2ccc(F)cc2)C1. The molecule has 0 heterocycles. The van der Waals surface area contributed by atoms with Gasteiger partial charge in [-0.1, -0.05) is 48.5 Å². The van der Waals surface area contributed by atoms with Crippen LogP contribution in [0.15, 0.2) is 107 Å². The Labute approximate surface area is 343 Å². The van der Waals surface area contributed by atoms with Crippen LogP contribution in [-0.4, -0.2) is 63.8 Å². The van der Waals surface area contributed by atoms with Crippen molar-refractivity contribution in [2.45, 2.75) is 93.0 Å². The Morgan fingerprint density at radius 1 is 0.435 bits per heavy atom. The minimum absolute atomic E-state index is 0.0889. The van der Waals surface area contributed by atoms with Gasteiger partial charge in [0.2, 0.25) is 0 Å². The number of alkyl halides is 12. The monoisotopic (exact) mass is 942 g/mol. The number of halogens is 14. The second kappa shape index (κ2) is 15.7. The van der Waals surface area contributed by atoms with Crippen LogP contribution in [0.5, 0.6) is 0 Å². The molecule has 2 saturated carbocycles. The van der Waals surface area contributed by atoms with Crippen LogP contribution < -0.4 is 11.5 Å². The number of aliphatic hydroxyl groups is 2. The summed E-state index contributed by atoms with van der Waals surface area (Å²) in [6.45, 7) is 0. The first-order valence-corrected chi connectivity index (χ1v) is 20.5. The maximum absolute atomic E-state index is 13.2. The van der Waals surface area contributed by atoms with E-state index < -0.39 is 99.9 Å². The van der Waals surface area contributed by atoms with Crippen LogP contribution in [0.4, 0.5) is 61.5 Å². The van der Waals surface area contributed by atoms with E-state index in [-0.39, 0.29) is 46.6 Å². The molecular weight excluding hydrogens is 911 g/mol. The molecule has 0 aromatic heterocycles. The molecule has 0 unspecified atom stereocenters. The van der Waals surface area contributed by atoms with Gasteiger partial charge in [0.25, 0.3) is 11.2 Å². The maximum Gasteiger partial charge on any atom is 0.430 e. The molecule has 62 heavy (non-hydrogen) atoms. The fourth-order valence-corrected chi connectivity index (χ4v) is 12.0. The largest absolute Gasteiger partial charge is 0.430 e. The average molecular weight is 943 g/mol. The second-order valence-corrected chi connectivity index (χ2v) is 19.3. The quantitative estimate of drug-likeness (QED) is 0.103. The van der Waals surface area contributed by atoms with Gasteiger partial charge in [0, 0.05) is 23.2 Å². The van der Waals surface area contributed by atoms with Crippen molar-refractivity contribution in [3.63, 3.8) is 0 Å². The van der Waals surface area contributed by atoms with Crippen molar-refractivity contribution < 1.29 is 88.5 Å². The van der Waals surface area contributed by atoms with E-state index in [1.807, 2.05) is 0 Å². The molecule has 0 radical (unpaired) electrons. The lowest BCUT2D eigenvalue weighted by Gasteiger charge is -2.46. The standard InChI is InChI=1S/2C19H16F7NO3S/c2*20-13-5-7-15(8-6-13)31(29,30)16(9-14(27)10-16)11-1-3-12(4-2-11)17(28,18(21,22)23)19(24,25)26/h2*1-8,14,28H,9-10,27H2. The molecular formula is C38H32F14N2O6S2. The van der Waals surface area contributed by atoms with Gasteiger partial charge in [-0.2, -0.15) is 52.7 Å². The highest BCUT2D eigenvalue weighted by atomic mass is 32.2. The lowest BCUT2D eigenvalue weighted by Crippen LogP contribution is -2.55. The third-order valence-corrected chi connectivity index (χ3v) is 15.9. The summed E-state index contributed by atoms with van der Waals surface area (Å²) in [5, 5.41) is 19.0. The Bertz CT molecular complexity index is 2260. The molecule has 4 aromatic carbocycles. The molecule has 0 atom stereocenters. The Balaban J connectivity index is 0.000000234. The molecule has 340 valence electrons.